The summed E-state index contributed by atoms with van der Waals surface area (Å²) in [6.07, 6.45) is 7.50. The van der Waals surface area contributed by atoms with Gasteiger partial charge in [0, 0.05) is 5.69 Å². The van der Waals surface area contributed by atoms with E-state index in [4.69, 9.17) is 0 Å². The molecular formula is C21H23NO. The lowest BCUT2D eigenvalue weighted by molar-refractivity contribution is -0.119. The van der Waals surface area contributed by atoms with E-state index >= 15 is 0 Å². The van der Waals surface area contributed by atoms with Crippen LogP contribution in [0.3, 0.4) is 0 Å². The number of rotatable bonds is 4. The van der Waals surface area contributed by atoms with Crippen molar-refractivity contribution in [1.29, 1.82) is 0 Å². The molecule has 3 rings (SSSR count). The van der Waals surface area contributed by atoms with E-state index in [0.29, 0.717) is 0 Å². The fourth-order valence-electron chi connectivity index (χ4n) is 3.19. The van der Waals surface area contributed by atoms with Crippen LogP contribution in [-0.4, -0.2) is 5.91 Å². The van der Waals surface area contributed by atoms with Crippen LogP contribution in [-0.2, 0) is 11.2 Å². The molecule has 2 aromatic carbocycles. The number of hydrogen-bond acceptors (Lipinski definition) is 1. The molecule has 0 radical (unpaired) electrons. The third-order valence-electron chi connectivity index (χ3n) is 4.46. The largest absolute Gasteiger partial charge is 0.326 e. The van der Waals surface area contributed by atoms with E-state index in [1.54, 1.807) is 0 Å². The average molecular weight is 305 g/mol. The maximum Gasteiger partial charge on any atom is 0.231 e. The molecule has 1 aliphatic carbocycles. The summed E-state index contributed by atoms with van der Waals surface area (Å²) >= 11 is 0. The van der Waals surface area contributed by atoms with Crippen molar-refractivity contribution in [3.05, 3.63) is 77.9 Å². The van der Waals surface area contributed by atoms with Gasteiger partial charge in [-0.2, -0.15) is 0 Å². The third kappa shape index (κ3) is 4.32. The van der Waals surface area contributed by atoms with Crippen LogP contribution in [0.5, 0.6) is 0 Å². The summed E-state index contributed by atoms with van der Waals surface area (Å²) in [5.41, 5.74) is 3.48. The highest BCUT2D eigenvalue weighted by Crippen LogP contribution is 2.30. The average Bonchev–Trinajstić information content (AvgIpc) is 2.62. The minimum absolute atomic E-state index is 0.0210. The van der Waals surface area contributed by atoms with Crippen molar-refractivity contribution in [2.75, 3.05) is 5.32 Å². The van der Waals surface area contributed by atoms with Crippen molar-refractivity contribution in [3.8, 4) is 0 Å². The second-order valence-corrected chi connectivity index (χ2v) is 6.12. The molecule has 2 aromatic rings. The SMILES string of the molecule is O=C(Nc1ccccc1)[C@@H]1CCCC/C1=C/Cc1ccccc1. The van der Waals surface area contributed by atoms with Crippen LogP contribution in [0, 0.1) is 5.92 Å². The van der Waals surface area contributed by atoms with Gasteiger partial charge in [0.25, 0.3) is 0 Å². The Morgan fingerprint density at radius 2 is 1.70 bits per heavy atom. The van der Waals surface area contributed by atoms with Crippen LogP contribution in [0.2, 0.25) is 0 Å². The first-order valence-corrected chi connectivity index (χ1v) is 8.42. The van der Waals surface area contributed by atoms with Crippen LogP contribution in [0.4, 0.5) is 5.69 Å². The van der Waals surface area contributed by atoms with E-state index in [0.717, 1.165) is 31.4 Å². The highest BCUT2D eigenvalue weighted by Gasteiger charge is 2.25. The zero-order valence-electron chi connectivity index (χ0n) is 13.4. The Kier molecular flexibility index (Phi) is 5.25. The molecule has 0 unspecified atom stereocenters. The number of anilines is 1. The molecule has 2 nitrogen and oxygen atoms in total. The highest BCUT2D eigenvalue weighted by molar-refractivity contribution is 5.94. The van der Waals surface area contributed by atoms with Gasteiger partial charge in [0.15, 0.2) is 0 Å². The third-order valence-corrected chi connectivity index (χ3v) is 4.46. The van der Waals surface area contributed by atoms with Gasteiger partial charge in [-0.3, -0.25) is 4.79 Å². The number of amides is 1. The predicted octanol–water partition coefficient (Wildman–Crippen LogP) is 4.98. The zero-order chi connectivity index (χ0) is 15.9. The quantitative estimate of drug-likeness (QED) is 0.793. The Bertz CT molecular complexity index is 661. The Morgan fingerprint density at radius 3 is 2.43 bits per heavy atom. The topological polar surface area (TPSA) is 29.1 Å². The van der Waals surface area contributed by atoms with E-state index < -0.39 is 0 Å². The number of hydrogen-bond donors (Lipinski definition) is 1. The van der Waals surface area contributed by atoms with E-state index in [1.165, 1.54) is 17.6 Å². The standard InChI is InChI=1S/C21H23NO/c23-21(22-19-12-5-2-6-13-19)20-14-8-7-11-18(20)16-15-17-9-3-1-4-10-17/h1-6,9-10,12-13,16,20H,7-8,11,14-15H2,(H,22,23)/b18-16-/t20-/m1/s1. The van der Waals surface area contributed by atoms with Crippen molar-refractivity contribution in [2.45, 2.75) is 32.1 Å². The molecule has 0 aromatic heterocycles. The lowest BCUT2D eigenvalue weighted by atomic mass is 9.82. The van der Waals surface area contributed by atoms with Crippen molar-refractivity contribution >= 4 is 11.6 Å². The summed E-state index contributed by atoms with van der Waals surface area (Å²) in [6, 6.07) is 20.2. The molecular weight excluding hydrogens is 282 g/mol. The predicted molar refractivity (Wildman–Crippen MR) is 95.3 cm³/mol. The fraction of sp³-hybridized carbons (Fsp3) is 0.286. The first-order chi connectivity index (χ1) is 11.3. The maximum atomic E-state index is 12.6. The summed E-state index contributed by atoms with van der Waals surface area (Å²) in [4.78, 5) is 12.6. The molecule has 1 N–H and O–H groups in total. The summed E-state index contributed by atoms with van der Waals surface area (Å²) in [6.45, 7) is 0. The molecule has 0 bridgehead atoms. The fourth-order valence-corrected chi connectivity index (χ4v) is 3.19. The van der Waals surface area contributed by atoms with Crippen molar-refractivity contribution in [1.82, 2.24) is 0 Å². The van der Waals surface area contributed by atoms with Crippen LogP contribution < -0.4 is 5.32 Å². The molecule has 23 heavy (non-hydrogen) atoms. The molecule has 1 fully saturated rings. The Hall–Kier alpha value is -2.35. The van der Waals surface area contributed by atoms with Gasteiger partial charge in [-0.1, -0.05) is 66.6 Å². The lowest BCUT2D eigenvalue weighted by Gasteiger charge is -2.25. The molecule has 1 saturated carbocycles. The van der Waals surface area contributed by atoms with Crippen LogP contribution >= 0.6 is 0 Å². The Balaban J connectivity index is 1.69. The van der Waals surface area contributed by atoms with Gasteiger partial charge in [-0.15, -0.1) is 0 Å². The summed E-state index contributed by atoms with van der Waals surface area (Å²) < 4.78 is 0. The van der Waals surface area contributed by atoms with Gasteiger partial charge in [-0.25, -0.2) is 0 Å². The minimum Gasteiger partial charge on any atom is -0.326 e. The smallest absolute Gasteiger partial charge is 0.231 e. The molecule has 0 saturated heterocycles. The van der Waals surface area contributed by atoms with E-state index in [9.17, 15) is 4.79 Å². The lowest BCUT2D eigenvalue weighted by Crippen LogP contribution is -2.26. The number of benzene rings is 2. The van der Waals surface area contributed by atoms with E-state index in [2.05, 4.69) is 35.7 Å². The molecule has 1 aliphatic rings. The second kappa shape index (κ2) is 7.77. The number of nitrogens with one attached hydrogen (secondary N) is 1. The summed E-state index contributed by atoms with van der Waals surface area (Å²) in [5, 5.41) is 3.06. The van der Waals surface area contributed by atoms with Crippen LogP contribution in [0.15, 0.2) is 72.3 Å². The molecule has 0 spiro atoms. The zero-order valence-corrected chi connectivity index (χ0v) is 13.4. The number of allylic oxidation sites excluding steroid dienone is 1. The monoisotopic (exact) mass is 305 g/mol. The summed E-state index contributed by atoms with van der Waals surface area (Å²) in [5.74, 6) is 0.155. The van der Waals surface area contributed by atoms with Gasteiger partial charge in [0.05, 0.1) is 5.92 Å². The van der Waals surface area contributed by atoms with Crippen molar-refractivity contribution in [2.24, 2.45) is 5.92 Å². The maximum absolute atomic E-state index is 12.6. The first-order valence-electron chi connectivity index (χ1n) is 8.42. The molecule has 2 heteroatoms. The van der Waals surface area contributed by atoms with Gasteiger partial charge >= 0.3 is 0 Å². The first kappa shape index (κ1) is 15.5. The van der Waals surface area contributed by atoms with E-state index in [1.807, 2.05) is 36.4 Å². The Morgan fingerprint density at radius 1 is 1.00 bits per heavy atom. The van der Waals surface area contributed by atoms with Gasteiger partial charge in [0.1, 0.15) is 0 Å². The van der Waals surface area contributed by atoms with Gasteiger partial charge < -0.3 is 5.32 Å². The van der Waals surface area contributed by atoms with Crippen molar-refractivity contribution < 1.29 is 4.79 Å². The van der Waals surface area contributed by atoms with Crippen molar-refractivity contribution in [3.63, 3.8) is 0 Å². The van der Waals surface area contributed by atoms with Gasteiger partial charge in [-0.05, 0) is 43.4 Å². The van der Waals surface area contributed by atoms with Crippen LogP contribution in [0.25, 0.3) is 0 Å². The van der Waals surface area contributed by atoms with E-state index in [-0.39, 0.29) is 11.8 Å². The highest BCUT2D eigenvalue weighted by atomic mass is 16.1. The molecule has 1 amide bonds. The number of carbonyl (C=O) groups is 1. The van der Waals surface area contributed by atoms with Gasteiger partial charge in [0.2, 0.25) is 5.91 Å². The molecule has 1 atom stereocenters. The normalized spacial score (nSPS) is 19.5. The summed E-state index contributed by atoms with van der Waals surface area (Å²) in [7, 11) is 0. The Labute approximate surface area is 138 Å². The minimum atomic E-state index is 0.0210. The molecule has 118 valence electrons. The molecule has 0 heterocycles. The molecule has 0 aliphatic heterocycles. The second-order valence-electron chi connectivity index (χ2n) is 6.12. The number of carbonyl (C=O) groups excluding carboxylic acids is 1. The number of para-hydroxylation sites is 1. The van der Waals surface area contributed by atoms with Crippen LogP contribution in [0.1, 0.15) is 31.2 Å².